The van der Waals surface area contributed by atoms with Crippen LogP contribution in [0.4, 0.5) is 10.5 Å². The number of aromatic nitrogens is 1. The molecule has 0 aliphatic heterocycles. The molecule has 6 heteroatoms. The molecule has 27 heavy (non-hydrogen) atoms. The fourth-order valence-electron chi connectivity index (χ4n) is 2.91. The van der Waals surface area contributed by atoms with E-state index in [1.54, 1.807) is 36.4 Å². The van der Waals surface area contributed by atoms with Crippen LogP contribution in [0.2, 0.25) is 0 Å². The molecule has 0 fully saturated rings. The van der Waals surface area contributed by atoms with Gasteiger partial charge in [0.15, 0.2) is 5.78 Å². The first kappa shape index (κ1) is 18.4. The number of benzene rings is 2. The van der Waals surface area contributed by atoms with E-state index in [9.17, 15) is 14.8 Å². The van der Waals surface area contributed by atoms with Crippen LogP contribution in [0, 0.1) is 0 Å². The Morgan fingerprint density at radius 1 is 1.04 bits per heavy atom. The standard InChI is InChI=1S/C21H21N3O3/c1-14(25)16-6-4-8-17(12-16)21(2,3)23-20(26)22-18-10-9-15-7-5-11-24(27)19(15)13-18/h4-13,27H,1-3H3,(H,23,26)/p+1. The Morgan fingerprint density at radius 3 is 2.56 bits per heavy atom. The number of urea groups is 1. The molecule has 0 unspecified atom stereocenters. The molecule has 138 valence electrons. The van der Waals surface area contributed by atoms with Gasteiger partial charge in [-0.25, -0.2) is 4.79 Å². The smallest absolute Gasteiger partial charge is 0.319 e. The van der Waals surface area contributed by atoms with E-state index >= 15 is 0 Å². The highest BCUT2D eigenvalue weighted by Gasteiger charge is 2.23. The number of hydrogen-bond donors (Lipinski definition) is 3. The maximum atomic E-state index is 12.5. The lowest BCUT2D eigenvalue weighted by molar-refractivity contribution is -0.884. The van der Waals surface area contributed by atoms with Gasteiger partial charge in [0.1, 0.15) is 0 Å². The highest BCUT2D eigenvalue weighted by atomic mass is 16.5. The summed E-state index contributed by atoms with van der Waals surface area (Å²) in [4.78, 5) is 24.1. The van der Waals surface area contributed by atoms with Crippen molar-refractivity contribution in [2.45, 2.75) is 26.3 Å². The number of anilines is 1. The van der Waals surface area contributed by atoms with E-state index in [0.717, 1.165) is 15.7 Å². The molecule has 0 spiro atoms. The largest absolute Gasteiger partial charge is 0.329 e. The molecule has 1 aromatic heterocycles. The van der Waals surface area contributed by atoms with E-state index in [1.165, 1.54) is 13.1 Å². The zero-order valence-corrected chi connectivity index (χ0v) is 15.5. The average molecular weight is 364 g/mol. The zero-order valence-electron chi connectivity index (χ0n) is 15.5. The van der Waals surface area contributed by atoms with E-state index in [2.05, 4.69) is 10.6 Å². The van der Waals surface area contributed by atoms with Gasteiger partial charge in [-0.1, -0.05) is 18.2 Å². The average Bonchev–Trinajstić information content (AvgIpc) is 2.62. The monoisotopic (exact) mass is 364 g/mol. The fourth-order valence-corrected chi connectivity index (χ4v) is 2.91. The van der Waals surface area contributed by atoms with Crippen LogP contribution in [0.25, 0.3) is 10.9 Å². The van der Waals surface area contributed by atoms with Crippen molar-refractivity contribution in [3.05, 3.63) is 71.9 Å². The lowest BCUT2D eigenvalue weighted by Crippen LogP contribution is -2.43. The van der Waals surface area contributed by atoms with E-state index in [1.807, 2.05) is 32.0 Å². The fraction of sp³-hybridized carbons (Fsp3) is 0.190. The molecule has 2 amide bonds. The Kier molecular flexibility index (Phi) is 4.81. The third-order valence-corrected chi connectivity index (χ3v) is 4.45. The van der Waals surface area contributed by atoms with Crippen molar-refractivity contribution in [1.29, 1.82) is 0 Å². The van der Waals surface area contributed by atoms with Crippen molar-refractivity contribution in [1.82, 2.24) is 5.32 Å². The molecule has 0 atom stereocenters. The Balaban J connectivity index is 1.77. The predicted octanol–water partition coefficient (Wildman–Crippen LogP) is 3.62. The van der Waals surface area contributed by atoms with Gasteiger partial charge < -0.3 is 10.6 Å². The summed E-state index contributed by atoms with van der Waals surface area (Å²) in [5.74, 6) is -0.0226. The molecule has 0 radical (unpaired) electrons. The summed E-state index contributed by atoms with van der Waals surface area (Å²) in [6.07, 6.45) is 1.53. The number of hydrogen-bond acceptors (Lipinski definition) is 3. The summed E-state index contributed by atoms with van der Waals surface area (Å²) in [5, 5.41) is 16.5. The van der Waals surface area contributed by atoms with E-state index in [0.29, 0.717) is 16.8 Å². The number of nitrogens with zero attached hydrogens (tertiary/aromatic N) is 1. The predicted molar refractivity (Wildman–Crippen MR) is 103 cm³/mol. The van der Waals surface area contributed by atoms with Crippen molar-refractivity contribution in [3.63, 3.8) is 0 Å². The van der Waals surface area contributed by atoms with E-state index in [-0.39, 0.29) is 11.8 Å². The van der Waals surface area contributed by atoms with Crippen LogP contribution in [0.3, 0.4) is 0 Å². The number of ketones is 1. The number of fused-ring (bicyclic) bond motifs is 1. The van der Waals surface area contributed by atoms with Crippen molar-refractivity contribution in [3.8, 4) is 0 Å². The second-order valence-corrected chi connectivity index (χ2v) is 6.97. The Hall–Kier alpha value is -3.41. The Bertz CT molecular complexity index is 1030. The lowest BCUT2D eigenvalue weighted by Gasteiger charge is -2.27. The van der Waals surface area contributed by atoms with Gasteiger partial charge in [0, 0.05) is 28.1 Å². The topological polar surface area (TPSA) is 82.3 Å². The number of carbonyl (C=O) groups is 2. The number of nitrogens with one attached hydrogen (secondary N) is 2. The van der Waals surface area contributed by atoms with Crippen LogP contribution in [0.5, 0.6) is 0 Å². The quantitative estimate of drug-likeness (QED) is 0.376. The van der Waals surface area contributed by atoms with Crippen molar-refractivity contribution in [2.24, 2.45) is 0 Å². The summed E-state index contributed by atoms with van der Waals surface area (Å²) in [7, 11) is 0. The molecule has 0 saturated heterocycles. The van der Waals surface area contributed by atoms with Crippen LogP contribution in [-0.4, -0.2) is 17.0 Å². The third-order valence-electron chi connectivity index (χ3n) is 4.45. The number of pyridine rings is 1. The molecule has 0 aliphatic carbocycles. The lowest BCUT2D eigenvalue weighted by atomic mass is 9.92. The summed E-state index contributed by atoms with van der Waals surface area (Å²) in [6, 6.07) is 15.7. The van der Waals surface area contributed by atoms with Crippen LogP contribution < -0.4 is 15.4 Å². The summed E-state index contributed by atoms with van der Waals surface area (Å²) in [6.45, 7) is 5.25. The molecule has 0 saturated carbocycles. The number of amides is 2. The highest BCUT2D eigenvalue weighted by Crippen LogP contribution is 2.22. The van der Waals surface area contributed by atoms with Gasteiger partial charge in [0.2, 0.25) is 6.20 Å². The second kappa shape index (κ2) is 7.07. The van der Waals surface area contributed by atoms with Gasteiger partial charge >= 0.3 is 6.03 Å². The molecule has 3 aromatic rings. The maximum Gasteiger partial charge on any atom is 0.319 e. The number of Topliss-reactive ketones (excluding diaryl/α,β-unsaturated/α-hetero) is 1. The van der Waals surface area contributed by atoms with E-state index in [4.69, 9.17) is 0 Å². The normalized spacial score (nSPS) is 11.2. The van der Waals surface area contributed by atoms with Crippen LogP contribution in [0.1, 0.15) is 36.7 Å². The zero-order chi connectivity index (χ0) is 19.6. The van der Waals surface area contributed by atoms with Crippen molar-refractivity contribution < 1.29 is 19.5 Å². The van der Waals surface area contributed by atoms with Gasteiger partial charge in [0.05, 0.1) is 10.9 Å². The number of rotatable bonds is 4. The molecule has 0 bridgehead atoms. The van der Waals surface area contributed by atoms with Crippen molar-refractivity contribution >= 4 is 28.4 Å². The minimum Gasteiger partial charge on any atom is -0.329 e. The SMILES string of the molecule is CC(=O)c1cccc(C(C)(C)NC(=O)Nc2ccc3ccc[n+](O)c3c2)c1. The number of carbonyl (C=O) groups excluding carboxylic acids is 2. The molecule has 0 aliphatic rings. The van der Waals surface area contributed by atoms with Gasteiger partial charge in [-0.2, -0.15) is 0 Å². The van der Waals surface area contributed by atoms with Gasteiger partial charge in [-0.3, -0.25) is 10.0 Å². The van der Waals surface area contributed by atoms with Crippen LogP contribution >= 0.6 is 0 Å². The molecule has 1 heterocycles. The van der Waals surface area contributed by atoms with Gasteiger partial charge in [0.25, 0.3) is 5.52 Å². The Morgan fingerprint density at radius 2 is 1.81 bits per heavy atom. The second-order valence-electron chi connectivity index (χ2n) is 6.97. The summed E-state index contributed by atoms with van der Waals surface area (Å²) < 4.78 is 1.01. The third kappa shape index (κ3) is 4.06. The molecule has 2 aromatic carbocycles. The summed E-state index contributed by atoms with van der Waals surface area (Å²) >= 11 is 0. The van der Waals surface area contributed by atoms with Gasteiger partial charge in [-0.15, -0.1) is 0 Å². The molecular formula is C21H22N3O3+. The molecule has 3 rings (SSSR count). The first-order chi connectivity index (χ1) is 12.8. The van der Waals surface area contributed by atoms with Crippen LogP contribution in [0.15, 0.2) is 60.8 Å². The first-order valence-corrected chi connectivity index (χ1v) is 8.60. The molecule has 3 N–H and O–H groups in total. The summed E-state index contributed by atoms with van der Waals surface area (Å²) in [5.41, 5.74) is 1.90. The van der Waals surface area contributed by atoms with Crippen LogP contribution in [-0.2, 0) is 5.54 Å². The van der Waals surface area contributed by atoms with E-state index < -0.39 is 5.54 Å². The highest BCUT2D eigenvalue weighted by molar-refractivity contribution is 5.94. The molecular weight excluding hydrogens is 342 g/mol. The van der Waals surface area contributed by atoms with Gasteiger partial charge in [-0.05, 0) is 50.6 Å². The first-order valence-electron chi connectivity index (χ1n) is 8.60. The Labute approximate surface area is 157 Å². The minimum absolute atomic E-state index is 0.0226. The maximum absolute atomic E-state index is 12.5. The minimum atomic E-state index is -0.677. The van der Waals surface area contributed by atoms with Crippen molar-refractivity contribution in [2.75, 3.05) is 5.32 Å². The molecule has 6 nitrogen and oxygen atoms in total.